The summed E-state index contributed by atoms with van der Waals surface area (Å²) in [6, 6.07) is 10.7. The number of carbonyl (C=O) groups excluding carboxylic acids is 1. The molecule has 0 saturated carbocycles. The lowest BCUT2D eigenvalue weighted by Crippen LogP contribution is -2.14. The Morgan fingerprint density at radius 2 is 2.19 bits per heavy atom. The van der Waals surface area contributed by atoms with E-state index < -0.39 is 0 Å². The van der Waals surface area contributed by atoms with E-state index in [1.165, 1.54) is 6.07 Å². The third kappa shape index (κ3) is 3.18. The highest BCUT2D eigenvalue weighted by Gasteiger charge is 2.12. The van der Waals surface area contributed by atoms with Gasteiger partial charge in [0.2, 0.25) is 0 Å². The van der Waals surface area contributed by atoms with Gasteiger partial charge in [-0.1, -0.05) is 19.1 Å². The number of nitrogens with one attached hydrogen (secondary N) is 1. The van der Waals surface area contributed by atoms with E-state index >= 15 is 0 Å². The van der Waals surface area contributed by atoms with Gasteiger partial charge in [-0.05, 0) is 37.1 Å². The van der Waals surface area contributed by atoms with Crippen molar-refractivity contribution in [1.29, 1.82) is 5.26 Å². The van der Waals surface area contributed by atoms with Crippen LogP contribution in [0.5, 0.6) is 0 Å². The molecule has 0 radical (unpaired) electrons. The molecule has 2 rings (SSSR count). The first-order valence-electron chi connectivity index (χ1n) is 6.62. The molecule has 0 saturated heterocycles. The standard InChI is InChI=1S/C16H16N4O/c1-3-12-7-11(8-15(18)19-12)16(21)20-14-6-4-5-10(2)13(14)9-17/h4-8H,3H2,1-2H3,(H2,18,19)(H,20,21). The molecule has 5 heteroatoms. The van der Waals surface area contributed by atoms with Crippen LogP contribution in [0.15, 0.2) is 30.3 Å². The van der Waals surface area contributed by atoms with Gasteiger partial charge in [0.1, 0.15) is 11.9 Å². The van der Waals surface area contributed by atoms with Gasteiger partial charge in [0.05, 0.1) is 11.3 Å². The molecule has 1 aromatic carbocycles. The topological polar surface area (TPSA) is 91.8 Å². The van der Waals surface area contributed by atoms with Crippen molar-refractivity contribution in [3.63, 3.8) is 0 Å². The van der Waals surface area contributed by atoms with Crippen LogP contribution in [-0.2, 0) is 6.42 Å². The van der Waals surface area contributed by atoms with Gasteiger partial charge in [-0.2, -0.15) is 5.26 Å². The minimum Gasteiger partial charge on any atom is -0.384 e. The number of aromatic nitrogens is 1. The van der Waals surface area contributed by atoms with Crippen molar-refractivity contribution in [2.45, 2.75) is 20.3 Å². The lowest BCUT2D eigenvalue weighted by Gasteiger charge is -2.10. The van der Waals surface area contributed by atoms with Crippen LogP contribution in [0.4, 0.5) is 11.5 Å². The average Bonchev–Trinajstić information content (AvgIpc) is 2.46. The molecule has 0 aliphatic heterocycles. The molecule has 0 aliphatic rings. The fourth-order valence-corrected chi connectivity index (χ4v) is 2.04. The first-order valence-corrected chi connectivity index (χ1v) is 6.62. The van der Waals surface area contributed by atoms with E-state index in [-0.39, 0.29) is 5.91 Å². The van der Waals surface area contributed by atoms with E-state index in [1.54, 1.807) is 18.2 Å². The maximum atomic E-state index is 12.3. The van der Waals surface area contributed by atoms with E-state index in [4.69, 9.17) is 5.73 Å². The van der Waals surface area contributed by atoms with Gasteiger partial charge in [0.25, 0.3) is 5.91 Å². The van der Waals surface area contributed by atoms with Crippen LogP contribution in [-0.4, -0.2) is 10.9 Å². The molecule has 0 spiro atoms. The molecular formula is C16H16N4O. The molecule has 1 aromatic heterocycles. The lowest BCUT2D eigenvalue weighted by molar-refractivity contribution is 0.102. The molecule has 106 valence electrons. The summed E-state index contributed by atoms with van der Waals surface area (Å²) < 4.78 is 0. The second-order valence-corrected chi connectivity index (χ2v) is 4.69. The highest BCUT2D eigenvalue weighted by atomic mass is 16.1. The van der Waals surface area contributed by atoms with Crippen molar-refractivity contribution in [2.24, 2.45) is 0 Å². The smallest absolute Gasteiger partial charge is 0.255 e. The summed E-state index contributed by atoms with van der Waals surface area (Å²) in [5.41, 5.74) is 8.67. The summed E-state index contributed by atoms with van der Waals surface area (Å²) in [4.78, 5) is 16.4. The van der Waals surface area contributed by atoms with Crippen LogP contribution in [0.25, 0.3) is 0 Å². The zero-order valence-electron chi connectivity index (χ0n) is 12.0. The first-order chi connectivity index (χ1) is 10.0. The third-order valence-corrected chi connectivity index (χ3v) is 3.16. The average molecular weight is 280 g/mol. The quantitative estimate of drug-likeness (QED) is 0.904. The number of pyridine rings is 1. The zero-order chi connectivity index (χ0) is 15.4. The predicted molar refractivity (Wildman–Crippen MR) is 81.9 cm³/mol. The van der Waals surface area contributed by atoms with E-state index in [2.05, 4.69) is 16.4 Å². The first kappa shape index (κ1) is 14.5. The van der Waals surface area contributed by atoms with Crippen molar-refractivity contribution < 1.29 is 4.79 Å². The monoisotopic (exact) mass is 280 g/mol. The minimum absolute atomic E-state index is 0.305. The molecule has 1 heterocycles. The number of anilines is 2. The summed E-state index contributed by atoms with van der Waals surface area (Å²) in [6.07, 6.45) is 0.694. The predicted octanol–water partition coefficient (Wildman–Crippen LogP) is 2.66. The number of amides is 1. The van der Waals surface area contributed by atoms with Crippen LogP contribution in [0.3, 0.4) is 0 Å². The van der Waals surface area contributed by atoms with Gasteiger partial charge in [-0.15, -0.1) is 0 Å². The number of nitrogens with two attached hydrogens (primary N) is 1. The fraction of sp³-hybridized carbons (Fsp3) is 0.188. The van der Waals surface area contributed by atoms with Crippen molar-refractivity contribution in [3.8, 4) is 6.07 Å². The lowest BCUT2D eigenvalue weighted by atomic mass is 10.1. The van der Waals surface area contributed by atoms with Crippen LogP contribution in [0.1, 0.15) is 34.1 Å². The molecule has 0 fully saturated rings. The Bertz CT molecular complexity index is 732. The number of hydrogen-bond donors (Lipinski definition) is 2. The van der Waals surface area contributed by atoms with E-state index in [0.29, 0.717) is 29.1 Å². The Kier molecular flexibility index (Phi) is 4.19. The summed E-state index contributed by atoms with van der Waals surface area (Å²) in [6.45, 7) is 3.77. The van der Waals surface area contributed by atoms with Crippen molar-refractivity contribution in [1.82, 2.24) is 4.98 Å². The van der Waals surface area contributed by atoms with E-state index in [9.17, 15) is 10.1 Å². The summed E-state index contributed by atoms with van der Waals surface area (Å²) in [5, 5.41) is 11.9. The van der Waals surface area contributed by atoms with Gasteiger partial charge in [0.15, 0.2) is 0 Å². The van der Waals surface area contributed by atoms with Crippen molar-refractivity contribution >= 4 is 17.4 Å². The van der Waals surface area contributed by atoms with Crippen molar-refractivity contribution in [2.75, 3.05) is 11.1 Å². The third-order valence-electron chi connectivity index (χ3n) is 3.16. The molecule has 1 amide bonds. The zero-order valence-corrected chi connectivity index (χ0v) is 12.0. The van der Waals surface area contributed by atoms with Crippen LogP contribution < -0.4 is 11.1 Å². The second kappa shape index (κ2) is 6.06. The van der Waals surface area contributed by atoms with Gasteiger partial charge < -0.3 is 11.1 Å². The molecule has 0 unspecified atom stereocenters. The fourth-order valence-electron chi connectivity index (χ4n) is 2.04. The summed E-state index contributed by atoms with van der Waals surface area (Å²) >= 11 is 0. The number of nitrogen functional groups attached to an aromatic ring is 1. The van der Waals surface area contributed by atoms with Gasteiger partial charge in [-0.25, -0.2) is 4.98 Å². The van der Waals surface area contributed by atoms with Gasteiger partial charge >= 0.3 is 0 Å². The maximum Gasteiger partial charge on any atom is 0.255 e. The number of hydrogen-bond acceptors (Lipinski definition) is 4. The van der Waals surface area contributed by atoms with Crippen molar-refractivity contribution in [3.05, 3.63) is 52.7 Å². The minimum atomic E-state index is -0.305. The highest BCUT2D eigenvalue weighted by Crippen LogP contribution is 2.19. The Balaban J connectivity index is 2.33. The Morgan fingerprint density at radius 1 is 1.43 bits per heavy atom. The molecule has 3 N–H and O–H groups in total. The Labute approximate surface area is 123 Å². The normalized spacial score (nSPS) is 9.95. The van der Waals surface area contributed by atoms with Crippen LogP contribution in [0, 0.1) is 18.3 Å². The number of rotatable bonds is 3. The second-order valence-electron chi connectivity index (χ2n) is 4.69. The van der Waals surface area contributed by atoms with Crippen LogP contribution >= 0.6 is 0 Å². The maximum absolute atomic E-state index is 12.3. The Morgan fingerprint density at radius 3 is 2.86 bits per heavy atom. The molecule has 0 atom stereocenters. The molecular weight excluding hydrogens is 264 g/mol. The van der Waals surface area contributed by atoms with Gasteiger partial charge in [-0.3, -0.25) is 4.79 Å². The molecule has 0 aliphatic carbocycles. The van der Waals surface area contributed by atoms with E-state index in [0.717, 1.165) is 11.3 Å². The molecule has 2 aromatic rings. The van der Waals surface area contributed by atoms with Gasteiger partial charge in [0, 0.05) is 11.3 Å². The van der Waals surface area contributed by atoms with Crippen LogP contribution in [0.2, 0.25) is 0 Å². The Hall–Kier alpha value is -2.87. The number of nitrogens with zero attached hydrogens (tertiary/aromatic N) is 2. The highest BCUT2D eigenvalue weighted by molar-refractivity contribution is 6.05. The van der Waals surface area contributed by atoms with E-state index in [1.807, 2.05) is 19.9 Å². The molecule has 5 nitrogen and oxygen atoms in total. The number of nitriles is 1. The molecule has 21 heavy (non-hydrogen) atoms. The summed E-state index contributed by atoms with van der Waals surface area (Å²) in [5.74, 6) is 0.00477. The number of carbonyl (C=O) groups is 1. The summed E-state index contributed by atoms with van der Waals surface area (Å²) in [7, 11) is 0. The number of benzene rings is 1. The largest absolute Gasteiger partial charge is 0.384 e. The number of aryl methyl sites for hydroxylation is 2. The molecule has 0 bridgehead atoms. The SMILES string of the molecule is CCc1cc(C(=O)Nc2cccc(C)c2C#N)cc(N)n1.